The van der Waals surface area contributed by atoms with E-state index >= 15 is 0 Å². The number of carbonyl (C=O) groups is 2. The Morgan fingerprint density at radius 1 is 1.31 bits per heavy atom. The third-order valence-corrected chi connectivity index (χ3v) is 2.29. The molecule has 0 aromatic heterocycles. The van der Waals surface area contributed by atoms with E-state index in [0.717, 1.165) is 0 Å². The lowest BCUT2D eigenvalue weighted by Crippen LogP contribution is -2.25. The number of fused-ring (bicyclic) bond motifs is 1. The quantitative estimate of drug-likeness (QED) is 0.381. The first-order chi connectivity index (χ1) is 6.09. The molecule has 2 aliphatic rings. The summed E-state index contributed by atoms with van der Waals surface area (Å²) in [6.45, 7) is 1.79. The van der Waals surface area contributed by atoms with E-state index in [4.69, 9.17) is 0 Å². The standard InChI is InChI=1S/C9H9NO3/c1-4-9(13)5-2-7(11)8(12)3-6(5)10-4/h2-4,9-10,13H,1H3/t4-,9?/m1/s1. The number of carbonyl (C=O) groups excluding carboxylic acids is 2. The Kier molecular flexibility index (Phi) is 1.60. The predicted octanol–water partition coefficient (Wildman–Crippen LogP) is -0.699. The van der Waals surface area contributed by atoms with E-state index in [9.17, 15) is 14.7 Å². The number of rotatable bonds is 0. The van der Waals surface area contributed by atoms with Crippen LogP contribution in [0, 0.1) is 0 Å². The summed E-state index contributed by atoms with van der Waals surface area (Å²) >= 11 is 0. The topological polar surface area (TPSA) is 66.4 Å². The van der Waals surface area contributed by atoms with Crippen LogP contribution in [0.1, 0.15) is 6.92 Å². The highest BCUT2D eigenvalue weighted by atomic mass is 16.3. The maximum atomic E-state index is 11.0. The predicted molar refractivity (Wildman–Crippen MR) is 44.8 cm³/mol. The fraction of sp³-hybridized carbons (Fsp3) is 0.333. The van der Waals surface area contributed by atoms with E-state index in [1.54, 1.807) is 6.92 Å². The number of aliphatic hydroxyl groups excluding tert-OH is 1. The van der Waals surface area contributed by atoms with Gasteiger partial charge in [-0.15, -0.1) is 0 Å². The average Bonchev–Trinajstić information content (AvgIpc) is 2.32. The Morgan fingerprint density at radius 3 is 2.62 bits per heavy atom. The molecule has 68 valence electrons. The fourth-order valence-electron chi connectivity index (χ4n) is 1.54. The number of allylic oxidation sites excluding steroid dienone is 2. The van der Waals surface area contributed by atoms with Crippen molar-refractivity contribution in [2.45, 2.75) is 19.1 Å². The molecule has 2 atom stereocenters. The van der Waals surface area contributed by atoms with Gasteiger partial charge in [-0.2, -0.15) is 0 Å². The van der Waals surface area contributed by atoms with Gasteiger partial charge in [-0.3, -0.25) is 9.59 Å². The molecule has 0 saturated carbocycles. The summed E-state index contributed by atoms with van der Waals surface area (Å²) in [6, 6.07) is -0.142. The Hall–Kier alpha value is -1.42. The van der Waals surface area contributed by atoms with E-state index in [1.807, 2.05) is 0 Å². The van der Waals surface area contributed by atoms with Gasteiger partial charge in [-0.05, 0) is 13.0 Å². The molecule has 1 fully saturated rings. The van der Waals surface area contributed by atoms with Gasteiger partial charge in [0, 0.05) is 17.3 Å². The van der Waals surface area contributed by atoms with Gasteiger partial charge < -0.3 is 10.4 Å². The first-order valence-corrected chi connectivity index (χ1v) is 4.06. The second-order valence-electron chi connectivity index (χ2n) is 3.26. The summed E-state index contributed by atoms with van der Waals surface area (Å²) in [5.41, 5.74) is 1.10. The number of aliphatic hydroxyl groups is 1. The van der Waals surface area contributed by atoms with Gasteiger partial charge in [0.15, 0.2) is 0 Å². The molecule has 0 bridgehead atoms. The summed E-state index contributed by atoms with van der Waals surface area (Å²) in [6.07, 6.45) is 1.76. The monoisotopic (exact) mass is 179 g/mol. The molecule has 1 aliphatic heterocycles. The summed E-state index contributed by atoms with van der Waals surface area (Å²) in [7, 11) is 0. The third kappa shape index (κ3) is 1.10. The summed E-state index contributed by atoms with van der Waals surface area (Å²) < 4.78 is 0. The van der Waals surface area contributed by atoms with Crippen LogP contribution in [0.2, 0.25) is 0 Å². The molecule has 1 aliphatic carbocycles. The zero-order chi connectivity index (χ0) is 9.59. The molecule has 0 aromatic carbocycles. The van der Waals surface area contributed by atoms with Gasteiger partial charge in [0.1, 0.15) is 6.10 Å². The molecule has 2 N–H and O–H groups in total. The largest absolute Gasteiger partial charge is 0.386 e. The van der Waals surface area contributed by atoms with Crippen molar-refractivity contribution in [2.75, 3.05) is 0 Å². The van der Waals surface area contributed by atoms with Crippen LogP contribution in [0.3, 0.4) is 0 Å². The van der Waals surface area contributed by atoms with Crippen LogP contribution in [0.15, 0.2) is 23.4 Å². The SMILES string of the molecule is C[C@H]1NC2=CC(=O)C(=O)C=C2C1O. The van der Waals surface area contributed by atoms with Crippen LogP contribution in [-0.4, -0.2) is 28.8 Å². The van der Waals surface area contributed by atoms with Crippen molar-refractivity contribution in [1.82, 2.24) is 5.32 Å². The Morgan fingerprint density at radius 2 is 1.92 bits per heavy atom. The van der Waals surface area contributed by atoms with E-state index < -0.39 is 17.7 Å². The van der Waals surface area contributed by atoms with Crippen molar-refractivity contribution < 1.29 is 14.7 Å². The first kappa shape index (κ1) is 8.19. The van der Waals surface area contributed by atoms with Gasteiger partial charge in [0.2, 0.25) is 11.6 Å². The molecule has 0 amide bonds. The zero-order valence-electron chi connectivity index (χ0n) is 7.07. The third-order valence-electron chi connectivity index (χ3n) is 2.29. The molecule has 0 radical (unpaired) electrons. The lowest BCUT2D eigenvalue weighted by Gasteiger charge is -2.07. The number of ketones is 2. The first-order valence-electron chi connectivity index (χ1n) is 4.06. The van der Waals surface area contributed by atoms with Crippen LogP contribution < -0.4 is 5.32 Å². The second kappa shape index (κ2) is 2.53. The van der Waals surface area contributed by atoms with Crippen molar-refractivity contribution in [3.05, 3.63) is 23.4 Å². The van der Waals surface area contributed by atoms with Gasteiger partial charge in [0.25, 0.3) is 0 Å². The van der Waals surface area contributed by atoms with E-state index in [2.05, 4.69) is 5.32 Å². The highest BCUT2D eigenvalue weighted by molar-refractivity contribution is 6.46. The molecule has 13 heavy (non-hydrogen) atoms. The maximum Gasteiger partial charge on any atom is 0.227 e. The van der Waals surface area contributed by atoms with E-state index in [-0.39, 0.29) is 6.04 Å². The highest BCUT2D eigenvalue weighted by Crippen LogP contribution is 2.25. The highest BCUT2D eigenvalue weighted by Gasteiger charge is 2.34. The molecular formula is C9H9NO3. The average molecular weight is 179 g/mol. The number of hydrogen-bond donors (Lipinski definition) is 2. The summed E-state index contributed by atoms with van der Waals surface area (Å²) in [4.78, 5) is 21.9. The van der Waals surface area contributed by atoms with Crippen molar-refractivity contribution >= 4 is 11.6 Å². The minimum absolute atomic E-state index is 0.142. The Balaban J connectivity index is 2.44. The normalized spacial score (nSPS) is 32.2. The van der Waals surface area contributed by atoms with Gasteiger partial charge >= 0.3 is 0 Å². The van der Waals surface area contributed by atoms with Gasteiger partial charge in [-0.25, -0.2) is 0 Å². The molecule has 0 aromatic rings. The molecule has 4 heteroatoms. The number of nitrogens with one attached hydrogen (secondary N) is 1. The minimum atomic E-state index is -0.691. The lowest BCUT2D eigenvalue weighted by molar-refractivity contribution is -0.131. The Bertz CT molecular complexity index is 354. The van der Waals surface area contributed by atoms with Gasteiger partial charge in [-0.1, -0.05) is 0 Å². The van der Waals surface area contributed by atoms with Crippen molar-refractivity contribution in [2.24, 2.45) is 0 Å². The second-order valence-corrected chi connectivity index (χ2v) is 3.26. The lowest BCUT2D eigenvalue weighted by atomic mass is 9.99. The van der Waals surface area contributed by atoms with Crippen LogP contribution >= 0.6 is 0 Å². The summed E-state index contributed by atoms with van der Waals surface area (Å²) in [5.74, 6) is -1.10. The summed E-state index contributed by atoms with van der Waals surface area (Å²) in [5, 5.41) is 12.5. The van der Waals surface area contributed by atoms with E-state index in [0.29, 0.717) is 11.3 Å². The van der Waals surface area contributed by atoms with Crippen molar-refractivity contribution in [3.63, 3.8) is 0 Å². The molecule has 4 nitrogen and oxygen atoms in total. The molecular weight excluding hydrogens is 170 g/mol. The molecule has 1 unspecified atom stereocenters. The molecule has 2 rings (SSSR count). The van der Waals surface area contributed by atoms with Crippen molar-refractivity contribution in [3.8, 4) is 0 Å². The van der Waals surface area contributed by atoms with Crippen LogP contribution in [0.25, 0.3) is 0 Å². The van der Waals surface area contributed by atoms with Crippen LogP contribution in [-0.2, 0) is 9.59 Å². The van der Waals surface area contributed by atoms with Gasteiger partial charge in [0.05, 0.1) is 6.04 Å². The number of hydrogen-bond acceptors (Lipinski definition) is 4. The maximum absolute atomic E-state index is 11.0. The van der Waals surface area contributed by atoms with Crippen LogP contribution in [0.5, 0.6) is 0 Å². The smallest absolute Gasteiger partial charge is 0.227 e. The molecule has 1 heterocycles. The van der Waals surface area contributed by atoms with E-state index in [1.165, 1.54) is 12.2 Å². The Labute approximate surface area is 74.9 Å². The van der Waals surface area contributed by atoms with Crippen molar-refractivity contribution in [1.29, 1.82) is 0 Å². The fourth-order valence-corrected chi connectivity index (χ4v) is 1.54. The zero-order valence-corrected chi connectivity index (χ0v) is 7.07. The molecule has 1 saturated heterocycles. The van der Waals surface area contributed by atoms with Crippen LogP contribution in [0.4, 0.5) is 0 Å². The molecule has 0 spiro atoms. The minimum Gasteiger partial charge on any atom is -0.386 e.